The normalized spacial score (nSPS) is 23.0. The van der Waals surface area contributed by atoms with Crippen LogP contribution in [0.15, 0.2) is 91.0 Å². The first-order valence-corrected chi connectivity index (χ1v) is 12.4. The van der Waals surface area contributed by atoms with Crippen LogP contribution < -0.4 is 9.80 Å². The zero-order valence-corrected chi connectivity index (χ0v) is 19.5. The molecule has 2 N–H and O–H groups in total. The SMILES string of the molecule is O=C1C[C@@H]([NH+]2CC[NH+](C(c3ccccc3)c3ccccc3)CC2)C(=O)N1CCc1ccccc1. The molecule has 0 saturated carbocycles. The summed E-state index contributed by atoms with van der Waals surface area (Å²) in [5, 5.41) is 0. The van der Waals surface area contributed by atoms with Gasteiger partial charge in [0.1, 0.15) is 32.2 Å². The minimum absolute atomic E-state index is 0.0142. The molecule has 2 fully saturated rings. The second kappa shape index (κ2) is 10.3. The molecule has 0 radical (unpaired) electrons. The Morgan fingerprint density at radius 1 is 0.735 bits per heavy atom. The predicted octanol–water partition coefficient (Wildman–Crippen LogP) is 0.930. The molecule has 2 amide bonds. The average Bonchev–Trinajstić information content (AvgIpc) is 3.18. The van der Waals surface area contributed by atoms with E-state index in [4.69, 9.17) is 0 Å². The van der Waals surface area contributed by atoms with Gasteiger partial charge in [-0.05, 0) is 12.0 Å². The lowest BCUT2D eigenvalue weighted by Crippen LogP contribution is -3.30. The molecular weight excluding hydrogens is 422 g/mol. The van der Waals surface area contributed by atoms with Gasteiger partial charge in [0.15, 0.2) is 6.04 Å². The third-order valence-electron chi connectivity index (χ3n) is 7.41. The first kappa shape index (κ1) is 22.5. The standard InChI is InChI=1S/C29H31N3O2/c33-27-22-26(29(34)32(27)17-16-23-10-4-1-5-11-23)30-18-20-31(21-19-30)28(24-12-6-2-7-13-24)25-14-8-3-9-15-25/h1-15,26,28H,16-22H2/p+2/t26-/m1/s1. The molecule has 5 rings (SSSR count). The highest BCUT2D eigenvalue weighted by atomic mass is 16.2. The molecule has 0 aromatic heterocycles. The second-order valence-electron chi connectivity index (χ2n) is 9.45. The number of piperazine rings is 1. The van der Waals surface area contributed by atoms with Gasteiger partial charge in [-0.25, -0.2) is 0 Å². The Hall–Kier alpha value is -3.28. The Balaban J connectivity index is 1.24. The van der Waals surface area contributed by atoms with E-state index in [1.165, 1.54) is 25.8 Å². The number of hydrogen-bond donors (Lipinski definition) is 2. The fraction of sp³-hybridized carbons (Fsp3) is 0.310. The van der Waals surface area contributed by atoms with Crippen molar-refractivity contribution in [2.75, 3.05) is 32.7 Å². The van der Waals surface area contributed by atoms with Crippen LogP contribution in [0.25, 0.3) is 0 Å². The fourth-order valence-electron chi connectivity index (χ4n) is 5.61. The predicted molar refractivity (Wildman–Crippen MR) is 131 cm³/mol. The second-order valence-corrected chi connectivity index (χ2v) is 9.45. The highest BCUT2D eigenvalue weighted by Crippen LogP contribution is 2.19. The highest BCUT2D eigenvalue weighted by molar-refractivity contribution is 6.04. The van der Waals surface area contributed by atoms with E-state index in [0.717, 1.165) is 31.7 Å². The molecule has 174 valence electrons. The molecule has 3 aromatic rings. The Morgan fingerprint density at radius 3 is 1.82 bits per heavy atom. The smallest absolute Gasteiger partial charge is 0.288 e. The molecular formula is C29H33N3O2+2. The number of nitrogens with one attached hydrogen (secondary N) is 2. The third kappa shape index (κ3) is 4.81. The van der Waals surface area contributed by atoms with Crippen LogP contribution in [0.5, 0.6) is 0 Å². The summed E-state index contributed by atoms with van der Waals surface area (Å²) >= 11 is 0. The highest BCUT2D eigenvalue weighted by Gasteiger charge is 2.46. The van der Waals surface area contributed by atoms with Crippen molar-refractivity contribution in [3.05, 3.63) is 108 Å². The van der Waals surface area contributed by atoms with Crippen molar-refractivity contribution in [1.29, 1.82) is 0 Å². The lowest BCUT2D eigenvalue weighted by Gasteiger charge is -2.36. The van der Waals surface area contributed by atoms with Crippen molar-refractivity contribution in [1.82, 2.24) is 4.90 Å². The van der Waals surface area contributed by atoms with Gasteiger partial charge >= 0.3 is 0 Å². The molecule has 5 nitrogen and oxygen atoms in total. The summed E-state index contributed by atoms with van der Waals surface area (Å²) in [6.07, 6.45) is 1.06. The Morgan fingerprint density at radius 2 is 1.26 bits per heavy atom. The number of rotatable bonds is 7. The maximum Gasteiger partial charge on any atom is 0.288 e. The van der Waals surface area contributed by atoms with Crippen LogP contribution in [-0.4, -0.2) is 55.5 Å². The van der Waals surface area contributed by atoms with Crippen molar-refractivity contribution in [3.8, 4) is 0 Å². The average molecular weight is 456 g/mol. The van der Waals surface area contributed by atoms with E-state index < -0.39 is 0 Å². The molecule has 2 saturated heterocycles. The molecule has 0 spiro atoms. The number of hydrogen-bond acceptors (Lipinski definition) is 2. The van der Waals surface area contributed by atoms with Crippen molar-refractivity contribution in [2.24, 2.45) is 0 Å². The summed E-state index contributed by atoms with van der Waals surface area (Å²) in [6.45, 7) is 4.24. The van der Waals surface area contributed by atoms with E-state index in [0.29, 0.717) is 19.4 Å². The molecule has 0 bridgehead atoms. The van der Waals surface area contributed by atoms with Gasteiger partial charge in [-0.15, -0.1) is 0 Å². The number of nitrogens with zero attached hydrogens (tertiary/aromatic N) is 1. The van der Waals surface area contributed by atoms with Gasteiger partial charge in [0.25, 0.3) is 5.91 Å². The van der Waals surface area contributed by atoms with Crippen molar-refractivity contribution >= 4 is 11.8 Å². The van der Waals surface area contributed by atoms with Crippen molar-refractivity contribution in [2.45, 2.75) is 24.9 Å². The van der Waals surface area contributed by atoms with Crippen LogP contribution in [0.4, 0.5) is 0 Å². The van der Waals surface area contributed by atoms with Gasteiger partial charge in [0.05, 0.1) is 6.42 Å². The molecule has 1 atom stereocenters. The summed E-state index contributed by atoms with van der Waals surface area (Å²) in [6, 6.07) is 31.6. The van der Waals surface area contributed by atoms with E-state index in [-0.39, 0.29) is 23.9 Å². The maximum absolute atomic E-state index is 13.2. The maximum atomic E-state index is 13.2. The molecule has 0 aliphatic carbocycles. The number of quaternary nitrogens is 2. The van der Waals surface area contributed by atoms with Crippen LogP contribution in [0.3, 0.4) is 0 Å². The molecule has 2 aliphatic heterocycles. The number of likely N-dealkylation sites (tertiary alicyclic amines) is 1. The summed E-state index contributed by atoms with van der Waals surface area (Å²) in [4.78, 5) is 30.2. The number of imide groups is 1. The first-order chi connectivity index (χ1) is 16.7. The van der Waals surface area contributed by atoms with E-state index in [1.54, 1.807) is 0 Å². The van der Waals surface area contributed by atoms with E-state index in [1.807, 2.05) is 30.3 Å². The molecule has 0 unspecified atom stereocenters. The number of benzene rings is 3. The zero-order valence-electron chi connectivity index (χ0n) is 19.5. The largest absolute Gasteiger partial charge is 0.316 e. The summed E-state index contributed by atoms with van der Waals surface area (Å²) in [5.74, 6) is 0.00158. The number of carbonyl (C=O) groups is 2. The number of carbonyl (C=O) groups excluding carboxylic acids is 2. The monoisotopic (exact) mass is 455 g/mol. The fourth-order valence-corrected chi connectivity index (χ4v) is 5.61. The molecule has 2 heterocycles. The van der Waals surface area contributed by atoms with Crippen molar-refractivity contribution in [3.63, 3.8) is 0 Å². The zero-order chi connectivity index (χ0) is 23.3. The lowest BCUT2D eigenvalue weighted by atomic mass is 9.96. The minimum Gasteiger partial charge on any atom is -0.316 e. The van der Waals surface area contributed by atoms with Gasteiger partial charge in [-0.2, -0.15) is 0 Å². The van der Waals surface area contributed by atoms with E-state index in [9.17, 15) is 9.59 Å². The Kier molecular flexibility index (Phi) is 6.84. The summed E-state index contributed by atoms with van der Waals surface area (Å²) < 4.78 is 0. The van der Waals surface area contributed by atoms with Gasteiger partial charge in [0, 0.05) is 17.7 Å². The first-order valence-electron chi connectivity index (χ1n) is 12.4. The van der Waals surface area contributed by atoms with Crippen LogP contribution in [-0.2, 0) is 16.0 Å². The van der Waals surface area contributed by atoms with E-state index in [2.05, 4.69) is 60.7 Å². The van der Waals surface area contributed by atoms with Gasteiger partial charge in [-0.1, -0.05) is 91.0 Å². The molecule has 5 heteroatoms. The van der Waals surface area contributed by atoms with Crippen LogP contribution in [0, 0.1) is 0 Å². The third-order valence-corrected chi connectivity index (χ3v) is 7.41. The topological polar surface area (TPSA) is 46.3 Å². The number of amides is 2. The van der Waals surface area contributed by atoms with Crippen LogP contribution >= 0.6 is 0 Å². The van der Waals surface area contributed by atoms with Gasteiger partial charge in [0.2, 0.25) is 5.91 Å². The molecule has 2 aliphatic rings. The van der Waals surface area contributed by atoms with Gasteiger partial charge < -0.3 is 9.80 Å². The Bertz CT molecular complexity index is 1060. The quantitative estimate of drug-likeness (QED) is 0.521. The van der Waals surface area contributed by atoms with Crippen molar-refractivity contribution < 1.29 is 19.4 Å². The Labute approximate surface area is 201 Å². The lowest BCUT2D eigenvalue weighted by molar-refractivity contribution is -1.03. The van der Waals surface area contributed by atoms with Crippen LogP contribution in [0.1, 0.15) is 29.2 Å². The minimum atomic E-state index is -0.225. The molecule has 3 aromatic carbocycles. The summed E-state index contributed by atoms with van der Waals surface area (Å²) in [5.41, 5.74) is 3.81. The molecule has 34 heavy (non-hydrogen) atoms. The van der Waals surface area contributed by atoms with E-state index >= 15 is 0 Å². The van der Waals surface area contributed by atoms with Gasteiger partial charge in [-0.3, -0.25) is 14.5 Å². The van der Waals surface area contributed by atoms with Crippen LogP contribution in [0.2, 0.25) is 0 Å². The summed E-state index contributed by atoms with van der Waals surface area (Å²) in [7, 11) is 0.